The molecule has 0 atom stereocenters. The molecule has 0 radical (unpaired) electrons. The van der Waals surface area contributed by atoms with Gasteiger partial charge in [0, 0.05) is 19.6 Å². The second kappa shape index (κ2) is 5.30. The Morgan fingerprint density at radius 1 is 1.44 bits per heavy atom. The fraction of sp³-hybridized carbons (Fsp3) is 0.308. The van der Waals surface area contributed by atoms with Gasteiger partial charge in [0.15, 0.2) is 5.76 Å². The minimum absolute atomic E-state index is 0.673. The molecule has 1 saturated carbocycles. The topological polar surface area (TPSA) is 38.1 Å². The van der Waals surface area contributed by atoms with Crippen LogP contribution in [0.5, 0.6) is 0 Å². The van der Waals surface area contributed by atoms with Gasteiger partial charge in [0.2, 0.25) is 5.89 Å². The van der Waals surface area contributed by atoms with Gasteiger partial charge < -0.3 is 9.73 Å². The van der Waals surface area contributed by atoms with E-state index in [4.69, 9.17) is 4.42 Å². The minimum Gasteiger partial charge on any atom is -0.439 e. The SMILES string of the molecule is Brc1ccc(I)c(-c2cnc(CNC3CC3)o2)c1. The number of rotatable bonds is 4. The standard InChI is InChI=1S/C13H12BrIN2O/c14-8-1-4-11(15)10(5-8)12-6-17-13(18-12)7-16-9-2-3-9/h1,4-6,9,16H,2-3,7H2. The number of aromatic nitrogens is 1. The molecule has 1 fully saturated rings. The van der Waals surface area contributed by atoms with E-state index in [0.717, 1.165) is 31.8 Å². The summed E-state index contributed by atoms with van der Waals surface area (Å²) in [7, 11) is 0. The van der Waals surface area contributed by atoms with Crippen LogP contribution in [0, 0.1) is 3.57 Å². The van der Waals surface area contributed by atoms with E-state index in [1.807, 2.05) is 6.07 Å². The fourth-order valence-corrected chi connectivity index (χ4v) is 2.68. The molecule has 3 rings (SSSR count). The number of oxazole rings is 1. The zero-order valence-electron chi connectivity index (χ0n) is 9.62. The highest BCUT2D eigenvalue weighted by Gasteiger charge is 2.21. The molecule has 5 heteroatoms. The summed E-state index contributed by atoms with van der Waals surface area (Å²) in [5, 5.41) is 3.40. The average Bonchev–Trinajstić information content (AvgIpc) is 3.08. The summed E-state index contributed by atoms with van der Waals surface area (Å²) in [6, 6.07) is 6.81. The molecule has 1 aromatic heterocycles. The Bertz CT molecular complexity index is 566. The van der Waals surface area contributed by atoms with Crippen molar-refractivity contribution < 1.29 is 4.42 Å². The normalized spacial score (nSPS) is 15.0. The van der Waals surface area contributed by atoms with Gasteiger partial charge in [0.05, 0.1) is 12.7 Å². The number of hydrogen-bond donors (Lipinski definition) is 1. The maximum absolute atomic E-state index is 5.78. The number of nitrogens with zero attached hydrogens (tertiary/aromatic N) is 1. The molecule has 1 aliphatic rings. The number of hydrogen-bond acceptors (Lipinski definition) is 3. The van der Waals surface area contributed by atoms with Crippen molar-refractivity contribution in [2.24, 2.45) is 0 Å². The van der Waals surface area contributed by atoms with Gasteiger partial charge in [-0.05, 0) is 53.6 Å². The molecule has 0 bridgehead atoms. The van der Waals surface area contributed by atoms with Crippen molar-refractivity contribution in [3.05, 3.63) is 38.3 Å². The highest BCUT2D eigenvalue weighted by molar-refractivity contribution is 14.1. The predicted octanol–water partition coefficient (Wildman–Crippen LogP) is 3.96. The van der Waals surface area contributed by atoms with Gasteiger partial charge in [-0.1, -0.05) is 15.9 Å². The monoisotopic (exact) mass is 418 g/mol. The lowest BCUT2D eigenvalue weighted by atomic mass is 10.2. The van der Waals surface area contributed by atoms with Crippen LogP contribution in [0.4, 0.5) is 0 Å². The lowest BCUT2D eigenvalue weighted by molar-refractivity contribution is 0.476. The molecule has 1 aromatic carbocycles. The molecular weight excluding hydrogens is 407 g/mol. The molecule has 2 aromatic rings. The van der Waals surface area contributed by atoms with Crippen LogP contribution in [-0.4, -0.2) is 11.0 Å². The van der Waals surface area contributed by atoms with Crippen LogP contribution >= 0.6 is 38.5 Å². The molecule has 0 spiro atoms. The first-order valence-electron chi connectivity index (χ1n) is 5.86. The third-order valence-corrected chi connectivity index (χ3v) is 4.30. The summed E-state index contributed by atoms with van der Waals surface area (Å²) in [5.41, 5.74) is 1.08. The van der Waals surface area contributed by atoms with Crippen molar-refractivity contribution in [2.75, 3.05) is 0 Å². The van der Waals surface area contributed by atoms with Crippen LogP contribution in [0.3, 0.4) is 0 Å². The molecule has 1 aliphatic carbocycles. The summed E-state index contributed by atoms with van der Waals surface area (Å²) < 4.78 is 7.99. The minimum atomic E-state index is 0.673. The van der Waals surface area contributed by atoms with Crippen LogP contribution in [-0.2, 0) is 6.54 Å². The van der Waals surface area contributed by atoms with Gasteiger partial charge in [0.25, 0.3) is 0 Å². The summed E-state index contributed by atoms with van der Waals surface area (Å²) in [6.07, 6.45) is 4.35. The number of halogens is 2. The first-order valence-corrected chi connectivity index (χ1v) is 7.73. The van der Waals surface area contributed by atoms with Gasteiger partial charge in [-0.3, -0.25) is 0 Å². The zero-order valence-corrected chi connectivity index (χ0v) is 13.4. The van der Waals surface area contributed by atoms with E-state index in [2.05, 4.69) is 61.0 Å². The largest absolute Gasteiger partial charge is 0.439 e. The molecule has 1 N–H and O–H groups in total. The molecule has 0 amide bonds. The second-order valence-electron chi connectivity index (χ2n) is 4.40. The van der Waals surface area contributed by atoms with E-state index < -0.39 is 0 Å². The number of benzene rings is 1. The third kappa shape index (κ3) is 2.95. The average molecular weight is 419 g/mol. The summed E-state index contributed by atoms with van der Waals surface area (Å²) in [4.78, 5) is 4.32. The Kier molecular flexibility index (Phi) is 3.72. The van der Waals surface area contributed by atoms with Crippen molar-refractivity contribution in [1.82, 2.24) is 10.3 Å². The van der Waals surface area contributed by atoms with Crippen LogP contribution in [0.15, 0.2) is 33.3 Å². The Hall–Kier alpha value is -0.400. The van der Waals surface area contributed by atoms with Gasteiger partial charge in [-0.25, -0.2) is 4.98 Å². The summed E-state index contributed by atoms with van der Waals surface area (Å²) >= 11 is 5.79. The van der Waals surface area contributed by atoms with E-state index in [0.29, 0.717) is 6.04 Å². The van der Waals surface area contributed by atoms with Crippen molar-refractivity contribution in [3.63, 3.8) is 0 Å². The molecule has 94 valence electrons. The summed E-state index contributed by atoms with van der Waals surface area (Å²) in [5.74, 6) is 1.58. The first kappa shape index (κ1) is 12.6. The maximum atomic E-state index is 5.78. The molecule has 18 heavy (non-hydrogen) atoms. The van der Waals surface area contributed by atoms with Gasteiger partial charge in [-0.15, -0.1) is 0 Å². The fourth-order valence-electron chi connectivity index (χ4n) is 1.72. The van der Waals surface area contributed by atoms with Crippen LogP contribution in [0.1, 0.15) is 18.7 Å². The second-order valence-corrected chi connectivity index (χ2v) is 6.48. The highest BCUT2D eigenvalue weighted by atomic mass is 127. The Morgan fingerprint density at radius 3 is 3.06 bits per heavy atom. The molecule has 1 heterocycles. The Morgan fingerprint density at radius 2 is 2.28 bits per heavy atom. The molecule has 0 aliphatic heterocycles. The van der Waals surface area contributed by atoms with E-state index >= 15 is 0 Å². The molecule has 3 nitrogen and oxygen atoms in total. The third-order valence-electron chi connectivity index (χ3n) is 2.87. The van der Waals surface area contributed by atoms with Gasteiger partial charge >= 0.3 is 0 Å². The lowest BCUT2D eigenvalue weighted by Crippen LogP contribution is -2.15. The summed E-state index contributed by atoms with van der Waals surface area (Å²) in [6.45, 7) is 0.718. The van der Waals surface area contributed by atoms with E-state index in [1.54, 1.807) is 6.20 Å². The van der Waals surface area contributed by atoms with Crippen LogP contribution in [0.2, 0.25) is 0 Å². The van der Waals surface area contributed by atoms with Crippen molar-refractivity contribution >= 4 is 38.5 Å². The quantitative estimate of drug-likeness (QED) is 0.763. The predicted molar refractivity (Wildman–Crippen MR) is 82.2 cm³/mol. The maximum Gasteiger partial charge on any atom is 0.208 e. The Balaban J connectivity index is 1.80. The van der Waals surface area contributed by atoms with E-state index in [1.165, 1.54) is 12.8 Å². The lowest BCUT2D eigenvalue weighted by Gasteiger charge is -2.01. The zero-order chi connectivity index (χ0) is 12.5. The smallest absolute Gasteiger partial charge is 0.208 e. The van der Waals surface area contributed by atoms with Crippen LogP contribution in [0.25, 0.3) is 11.3 Å². The Labute approximate surface area is 128 Å². The first-order chi connectivity index (χ1) is 8.72. The van der Waals surface area contributed by atoms with Crippen molar-refractivity contribution in [2.45, 2.75) is 25.4 Å². The van der Waals surface area contributed by atoms with Gasteiger partial charge in [-0.2, -0.15) is 0 Å². The van der Waals surface area contributed by atoms with Crippen molar-refractivity contribution in [1.29, 1.82) is 0 Å². The molecule has 0 unspecified atom stereocenters. The van der Waals surface area contributed by atoms with Gasteiger partial charge in [0.1, 0.15) is 0 Å². The van der Waals surface area contributed by atoms with Crippen LogP contribution < -0.4 is 5.32 Å². The van der Waals surface area contributed by atoms with E-state index in [9.17, 15) is 0 Å². The molecular formula is C13H12BrIN2O. The van der Waals surface area contributed by atoms with Crippen molar-refractivity contribution in [3.8, 4) is 11.3 Å². The molecule has 0 saturated heterocycles. The highest BCUT2D eigenvalue weighted by Crippen LogP contribution is 2.29. The number of nitrogens with one attached hydrogen (secondary N) is 1. The van der Waals surface area contributed by atoms with E-state index in [-0.39, 0.29) is 0 Å².